The number of hydrogen-bond acceptors (Lipinski definition) is 4. The van der Waals surface area contributed by atoms with E-state index in [1.165, 1.54) is 5.56 Å². The Kier molecular flexibility index (Phi) is 5.10. The van der Waals surface area contributed by atoms with Crippen molar-refractivity contribution >= 4 is 0 Å². The molecule has 102 valence electrons. The predicted octanol–water partition coefficient (Wildman–Crippen LogP) is 2.92. The first-order chi connectivity index (χ1) is 9.29. The van der Waals surface area contributed by atoms with Gasteiger partial charge < -0.3 is 9.84 Å². The van der Waals surface area contributed by atoms with E-state index in [1.54, 1.807) is 0 Å². The molecule has 2 aromatic rings. The average Bonchev–Trinajstić information content (AvgIpc) is 2.92. The van der Waals surface area contributed by atoms with Crippen molar-refractivity contribution in [2.45, 2.75) is 39.2 Å². The minimum Gasteiger partial charge on any atom is -0.338 e. The SMILES string of the molecule is CCCNC(C)c1nc(CCc2ccccc2)no1. The fourth-order valence-electron chi connectivity index (χ4n) is 1.89. The minimum atomic E-state index is 0.123. The first kappa shape index (κ1) is 13.7. The van der Waals surface area contributed by atoms with Crippen molar-refractivity contribution in [2.24, 2.45) is 0 Å². The van der Waals surface area contributed by atoms with E-state index in [4.69, 9.17) is 4.52 Å². The Labute approximate surface area is 114 Å². The molecule has 0 radical (unpaired) electrons. The third-order valence-corrected chi connectivity index (χ3v) is 3.03. The molecule has 4 nitrogen and oxygen atoms in total. The topological polar surface area (TPSA) is 51.0 Å². The molecule has 1 aromatic carbocycles. The lowest BCUT2D eigenvalue weighted by atomic mass is 10.1. The van der Waals surface area contributed by atoms with Crippen LogP contribution in [0.25, 0.3) is 0 Å². The molecule has 2 rings (SSSR count). The van der Waals surface area contributed by atoms with Crippen LogP contribution in [0.15, 0.2) is 34.9 Å². The van der Waals surface area contributed by atoms with Gasteiger partial charge in [0.2, 0.25) is 5.89 Å². The van der Waals surface area contributed by atoms with Gasteiger partial charge in [-0.1, -0.05) is 42.4 Å². The molecule has 4 heteroatoms. The fraction of sp³-hybridized carbons (Fsp3) is 0.467. The predicted molar refractivity (Wildman–Crippen MR) is 74.9 cm³/mol. The zero-order valence-corrected chi connectivity index (χ0v) is 11.6. The molecule has 0 saturated heterocycles. The van der Waals surface area contributed by atoms with Crippen LogP contribution in [-0.2, 0) is 12.8 Å². The molecular formula is C15H21N3O. The highest BCUT2D eigenvalue weighted by Crippen LogP contribution is 2.11. The summed E-state index contributed by atoms with van der Waals surface area (Å²) in [5, 5.41) is 7.37. The molecule has 1 atom stereocenters. The molecule has 0 bridgehead atoms. The van der Waals surface area contributed by atoms with Gasteiger partial charge in [-0.15, -0.1) is 0 Å². The summed E-state index contributed by atoms with van der Waals surface area (Å²) in [5.74, 6) is 1.46. The molecule has 0 amide bonds. The van der Waals surface area contributed by atoms with E-state index >= 15 is 0 Å². The highest BCUT2D eigenvalue weighted by atomic mass is 16.5. The van der Waals surface area contributed by atoms with E-state index in [0.29, 0.717) is 5.89 Å². The molecule has 1 aromatic heterocycles. The summed E-state index contributed by atoms with van der Waals surface area (Å²) < 4.78 is 5.29. The Hall–Kier alpha value is -1.68. The van der Waals surface area contributed by atoms with E-state index in [-0.39, 0.29) is 6.04 Å². The van der Waals surface area contributed by atoms with Gasteiger partial charge >= 0.3 is 0 Å². The second kappa shape index (κ2) is 7.04. The summed E-state index contributed by atoms with van der Waals surface area (Å²) in [7, 11) is 0. The van der Waals surface area contributed by atoms with Crippen molar-refractivity contribution < 1.29 is 4.52 Å². The Bertz CT molecular complexity index is 481. The summed E-state index contributed by atoms with van der Waals surface area (Å²) in [6, 6.07) is 10.5. The molecule has 1 heterocycles. The molecular weight excluding hydrogens is 238 g/mol. The fourth-order valence-corrected chi connectivity index (χ4v) is 1.89. The van der Waals surface area contributed by atoms with E-state index in [9.17, 15) is 0 Å². The quantitative estimate of drug-likeness (QED) is 0.830. The van der Waals surface area contributed by atoms with Crippen LogP contribution in [0.5, 0.6) is 0 Å². The smallest absolute Gasteiger partial charge is 0.243 e. The first-order valence-electron chi connectivity index (χ1n) is 6.89. The molecule has 0 fully saturated rings. The monoisotopic (exact) mass is 259 g/mol. The van der Waals surface area contributed by atoms with Crippen molar-refractivity contribution in [1.82, 2.24) is 15.5 Å². The number of aryl methyl sites for hydroxylation is 2. The van der Waals surface area contributed by atoms with Gasteiger partial charge in [-0.25, -0.2) is 0 Å². The van der Waals surface area contributed by atoms with Crippen molar-refractivity contribution in [1.29, 1.82) is 0 Å². The molecule has 0 aliphatic carbocycles. The summed E-state index contributed by atoms with van der Waals surface area (Å²) in [6.45, 7) is 5.14. The summed E-state index contributed by atoms with van der Waals surface area (Å²) in [4.78, 5) is 4.44. The maximum Gasteiger partial charge on any atom is 0.243 e. The summed E-state index contributed by atoms with van der Waals surface area (Å²) >= 11 is 0. The number of rotatable bonds is 7. The average molecular weight is 259 g/mol. The largest absolute Gasteiger partial charge is 0.338 e. The van der Waals surface area contributed by atoms with E-state index in [2.05, 4.69) is 34.5 Å². The Morgan fingerprint density at radius 1 is 1.21 bits per heavy atom. The van der Waals surface area contributed by atoms with Crippen LogP contribution < -0.4 is 5.32 Å². The van der Waals surface area contributed by atoms with E-state index in [0.717, 1.165) is 31.6 Å². The normalized spacial score (nSPS) is 12.5. The second-order valence-electron chi connectivity index (χ2n) is 4.71. The van der Waals surface area contributed by atoms with Gasteiger partial charge in [0.15, 0.2) is 5.82 Å². The van der Waals surface area contributed by atoms with Crippen molar-refractivity contribution in [3.05, 3.63) is 47.6 Å². The molecule has 1 N–H and O–H groups in total. The third-order valence-electron chi connectivity index (χ3n) is 3.03. The number of hydrogen-bond donors (Lipinski definition) is 1. The molecule has 0 saturated carbocycles. The number of nitrogens with one attached hydrogen (secondary N) is 1. The van der Waals surface area contributed by atoms with Crippen LogP contribution in [0.1, 0.15) is 43.6 Å². The van der Waals surface area contributed by atoms with Crippen molar-refractivity contribution in [3.63, 3.8) is 0 Å². The number of aromatic nitrogens is 2. The van der Waals surface area contributed by atoms with Crippen LogP contribution in [0.2, 0.25) is 0 Å². The lowest BCUT2D eigenvalue weighted by Crippen LogP contribution is -2.19. The van der Waals surface area contributed by atoms with Crippen LogP contribution in [0.3, 0.4) is 0 Å². The Balaban J connectivity index is 1.87. The van der Waals surface area contributed by atoms with Crippen LogP contribution in [0.4, 0.5) is 0 Å². The van der Waals surface area contributed by atoms with Crippen LogP contribution >= 0.6 is 0 Å². The van der Waals surface area contributed by atoms with Gasteiger partial charge in [0, 0.05) is 6.42 Å². The molecule has 0 spiro atoms. The lowest BCUT2D eigenvalue weighted by molar-refractivity contribution is 0.336. The van der Waals surface area contributed by atoms with E-state index in [1.807, 2.05) is 25.1 Å². The highest BCUT2D eigenvalue weighted by molar-refractivity contribution is 5.15. The standard InChI is InChI=1S/C15H21N3O/c1-3-11-16-12(2)15-17-14(18-19-15)10-9-13-7-5-4-6-8-13/h4-8,12,16H,3,9-11H2,1-2H3. The highest BCUT2D eigenvalue weighted by Gasteiger charge is 2.13. The zero-order valence-electron chi connectivity index (χ0n) is 11.6. The van der Waals surface area contributed by atoms with Gasteiger partial charge in [0.05, 0.1) is 6.04 Å². The van der Waals surface area contributed by atoms with Gasteiger partial charge in [0.1, 0.15) is 0 Å². The molecule has 0 aliphatic rings. The van der Waals surface area contributed by atoms with Gasteiger partial charge in [-0.05, 0) is 31.9 Å². The summed E-state index contributed by atoms with van der Waals surface area (Å²) in [5.41, 5.74) is 1.30. The number of nitrogens with zero attached hydrogens (tertiary/aromatic N) is 2. The minimum absolute atomic E-state index is 0.123. The molecule has 1 unspecified atom stereocenters. The maximum absolute atomic E-state index is 5.29. The number of benzene rings is 1. The van der Waals surface area contributed by atoms with Crippen molar-refractivity contribution in [3.8, 4) is 0 Å². The third kappa shape index (κ3) is 4.17. The van der Waals surface area contributed by atoms with Crippen LogP contribution in [0, 0.1) is 0 Å². The second-order valence-corrected chi connectivity index (χ2v) is 4.71. The molecule has 19 heavy (non-hydrogen) atoms. The van der Waals surface area contributed by atoms with Gasteiger partial charge in [-0.3, -0.25) is 0 Å². The maximum atomic E-state index is 5.29. The lowest BCUT2D eigenvalue weighted by Gasteiger charge is -2.06. The summed E-state index contributed by atoms with van der Waals surface area (Å²) in [6.07, 6.45) is 2.85. The first-order valence-corrected chi connectivity index (χ1v) is 6.89. The van der Waals surface area contributed by atoms with Crippen molar-refractivity contribution in [2.75, 3.05) is 6.54 Å². The van der Waals surface area contributed by atoms with Gasteiger partial charge in [0.25, 0.3) is 0 Å². The van der Waals surface area contributed by atoms with Gasteiger partial charge in [-0.2, -0.15) is 4.98 Å². The zero-order chi connectivity index (χ0) is 13.5. The Morgan fingerprint density at radius 3 is 2.74 bits per heavy atom. The van der Waals surface area contributed by atoms with E-state index < -0.39 is 0 Å². The Morgan fingerprint density at radius 2 is 2.00 bits per heavy atom. The molecule has 0 aliphatic heterocycles. The van der Waals surface area contributed by atoms with Crippen LogP contribution in [-0.4, -0.2) is 16.7 Å².